The summed E-state index contributed by atoms with van der Waals surface area (Å²) in [6.45, 7) is 3.99. The zero-order valence-electron chi connectivity index (χ0n) is 21.2. The van der Waals surface area contributed by atoms with Crippen molar-refractivity contribution in [1.82, 2.24) is 14.9 Å². The summed E-state index contributed by atoms with van der Waals surface area (Å²) < 4.78 is 70.2. The molecule has 1 amide bonds. The van der Waals surface area contributed by atoms with Gasteiger partial charge in [0.2, 0.25) is 0 Å². The van der Waals surface area contributed by atoms with Gasteiger partial charge in [0.15, 0.2) is 9.84 Å². The van der Waals surface area contributed by atoms with Crippen LogP contribution in [-0.4, -0.2) is 36.2 Å². The molecule has 12 heteroatoms. The molecular formula is C27H27F3N4O4S. The number of carbonyl (C=O) groups excluding carboxylic acids is 1. The summed E-state index contributed by atoms with van der Waals surface area (Å²) in [7, 11) is -3.35. The van der Waals surface area contributed by atoms with Crippen LogP contribution >= 0.6 is 0 Å². The number of nitrogens with zero attached hydrogens (tertiary/aromatic N) is 2. The lowest BCUT2D eigenvalue weighted by Gasteiger charge is -2.18. The number of alkyl halides is 3. The SMILES string of the molecule is CCn1c(Oc2ccc(C(F)(F)F)cc2)nc2cc(C(=O)N[C@@H](CN)c3ccc(S(=O)(=O)CC)cc3)ccc21. The van der Waals surface area contributed by atoms with Gasteiger partial charge in [-0.15, -0.1) is 0 Å². The second-order valence-electron chi connectivity index (χ2n) is 8.70. The highest BCUT2D eigenvalue weighted by molar-refractivity contribution is 7.91. The highest BCUT2D eigenvalue weighted by Gasteiger charge is 2.30. The first-order chi connectivity index (χ1) is 18.5. The molecule has 3 aromatic carbocycles. The number of hydrogen-bond acceptors (Lipinski definition) is 6. The number of aryl methyl sites for hydroxylation is 1. The van der Waals surface area contributed by atoms with E-state index in [1.54, 1.807) is 41.8 Å². The Labute approximate surface area is 223 Å². The fraction of sp³-hybridized carbons (Fsp3) is 0.259. The molecule has 4 rings (SSSR count). The Bertz CT molecular complexity index is 1580. The van der Waals surface area contributed by atoms with Gasteiger partial charge >= 0.3 is 12.2 Å². The molecular weight excluding hydrogens is 533 g/mol. The van der Waals surface area contributed by atoms with Crippen molar-refractivity contribution in [2.75, 3.05) is 12.3 Å². The van der Waals surface area contributed by atoms with Gasteiger partial charge in [-0.3, -0.25) is 9.36 Å². The number of fused-ring (bicyclic) bond motifs is 1. The van der Waals surface area contributed by atoms with Crippen molar-refractivity contribution in [3.8, 4) is 11.8 Å². The van der Waals surface area contributed by atoms with Gasteiger partial charge in [-0.25, -0.2) is 8.42 Å². The number of nitrogens with one attached hydrogen (secondary N) is 1. The molecule has 0 aliphatic rings. The molecule has 0 saturated carbocycles. The second kappa shape index (κ2) is 11.1. The number of amides is 1. The van der Waals surface area contributed by atoms with Crippen molar-refractivity contribution in [3.05, 3.63) is 83.4 Å². The summed E-state index contributed by atoms with van der Waals surface area (Å²) in [6, 6.07) is 15.1. The molecule has 0 aliphatic carbocycles. The number of carbonyl (C=O) groups is 1. The van der Waals surface area contributed by atoms with Gasteiger partial charge in [-0.1, -0.05) is 19.1 Å². The van der Waals surface area contributed by atoms with E-state index in [2.05, 4.69) is 10.3 Å². The first-order valence-electron chi connectivity index (χ1n) is 12.2. The van der Waals surface area contributed by atoms with Crippen LogP contribution in [0.4, 0.5) is 13.2 Å². The number of sulfone groups is 1. The average Bonchev–Trinajstić information content (AvgIpc) is 3.27. The van der Waals surface area contributed by atoms with Crippen LogP contribution < -0.4 is 15.8 Å². The summed E-state index contributed by atoms with van der Waals surface area (Å²) in [4.78, 5) is 17.7. The van der Waals surface area contributed by atoms with E-state index in [4.69, 9.17) is 10.5 Å². The number of benzene rings is 3. The first-order valence-corrected chi connectivity index (χ1v) is 13.8. The summed E-state index contributed by atoms with van der Waals surface area (Å²) in [6.07, 6.45) is -4.45. The third-order valence-corrected chi connectivity index (χ3v) is 8.00. The largest absolute Gasteiger partial charge is 0.425 e. The normalized spacial score (nSPS) is 12.9. The molecule has 0 radical (unpaired) electrons. The lowest BCUT2D eigenvalue weighted by atomic mass is 10.1. The van der Waals surface area contributed by atoms with Gasteiger partial charge in [-0.05, 0) is 67.1 Å². The Kier molecular flexibility index (Phi) is 7.98. The molecule has 3 N–H and O–H groups in total. The quantitative estimate of drug-likeness (QED) is 0.295. The van der Waals surface area contributed by atoms with Crippen LogP contribution in [-0.2, 0) is 22.6 Å². The Morgan fingerprint density at radius 3 is 2.28 bits per heavy atom. The van der Waals surface area contributed by atoms with E-state index in [1.165, 1.54) is 24.3 Å². The predicted octanol–water partition coefficient (Wildman–Crippen LogP) is 5.09. The van der Waals surface area contributed by atoms with E-state index >= 15 is 0 Å². The lowest BCUT2D eigenvalue weighted by molar-refractivity contribution is -0.137. The van der Waals surface area contributed by atoms with Gasteiger partial charge < -0.3 is 15.8 Å². The standard InChI is InChI=1S/C27H27F3N4O4S/c1-3-34-24-14-7-18(15-22(24)33-26(34)38-20-10-8-19(9-11-20)27(28,29)30)25(35)32-23(16-31)17-5-12-21(13-6-17)39(36,37)4-2/h5-15,23H,3-4,16,31H2,1-2H3,(H,32,35)/t23-/m0/s1. The number of imidazole rings is 1. The van der Waals surface area contributed by atoms with Crippen molar-refractivity contribution < 1.29 is 31.1 Å². The molecule has 8 nitrogen and oxygen atoms in total. The van der Waals surface area contributed by atoms with Crippen LogP contribution in [0.15, 0.2) is 71.6 Å². The number of rotatable bonds is 9. The van der Waals surface area contributed by atoms with Crippen LogP contribution in [0.5, 0.6) is 11.8 Å². The molecule has 0 bridgehead atoms. The predicted molar refractivity (Wildman–Crippen MR) is 140 cm³/mol. The highest BCUT2D eigenvalue weighted by Crippen LogP contribution is 2.32. The van der Waals surface area contributed by atoms with Gasteiger partial charge in [0.25, 0.3) is 5.91 Å². The maximum atomic E-state index is 13.0. The topological polar surface area (TPSA) is 116 Å². The van der Waals surface area contributed by atoms with E-state index < -0.39 is 33.5 Å². The molecule has 0 spiro atoms. The first kappa shape index (κ1) is 28.1. The van der Waals surface area contributed by atoms with Crippen LogP contribution in [0.3, 0.4) is 0 Å². The number of aromatic nitrogens is 2. The molecule has 39 heavy (non-hydrogen) atoms. The van der Waals surface area contributed by atoms with Crippen molar-refractivity contribution in [3.63, 3.8) is 0 Å². The smallest absolute Gasteiger partial charge is 0.416 e. The molecule has 4 aromatic rings. The summed E-state index contributed by atoms with van der Waals surface area (Å²) in [5.74, 6) is -0.236. The minimum absolute atomic E-state index is 0.0171. The van der Waals surface area contributed by atoms with Gasteiger partial charge in [0, 0.05) is 18.7 Å². The number of nitrogens with two attached hydrogens (primary N) is 1. The molecule has 1 atom stereocenters. The Hall–Kier alpha value is -3.90. The van der Waals surface area contributed by atoms with E-state index in [1.807, 2.05) is 6.92 Å². The van der Waals surface area contributed by atoms with E-state index in [0.29, 0.717) is 28.7 Å². The minimum atomic E-state index is -4.45. The summed E-state index contributed by atoms with van der Waals surface area (Å²) in [5.41, 5.74) is 7.22. The molecule has 206 valence electrons. The molecule has 1 aromatic heterocycles. The Morgan fingerprint density at radius 2 is 1.72 bits per heavy atom. The molecule has 0 saturated heterocycles. The molecule has 0 fully saturated rings. The van der Waals surface area contributed by atoms with E-state index in [-0.39, 0.29) is 29.0 Å². The maximum absolute atomic E-state index is 13.0. The Balaban J connectivity index is 1.54. The van der Waals surface area contributed by atoms with Crippen molar-refractivity contribution in [1.29, 1.82) is 0 Å². The number of halogens is 3. The molecule has 0 unspecified atom stereocenters. The van der Waals surface area contributed by atoms with E-state index in [9.17, 15) is 26.4 Å². The van der Waals surface area contributed by atoms with E-state index in [0.717, 1.165) is 12.1 Å². The third-order valence-electron chi connectivity index (χ3n) is 6.25. The van der Waals surface area contributed by atoms with Gasteiger partial charge in [0.05, 0.1) is 33.3 Å². The average molecular weight is 561 g/mol. The monoisotopic (exact) mass is 560 g/mol. The Morgan fingerprint density at radius 1 is 1.05 bits per heavy atom. The maximum Gasteiger partial charge on any atom is 0.416 e. The van der Waals surface area contributed by atoms with Crippen LogP contribution in [0, 0.1) is 0 Å². The number of hydrogen-bond donors (Lipinski definition) is 2. The zero-order valence-corrected chi connectivity index (χ0v) is 22.0. The third kappa shape index (κ3) is 6.07. The summed E-state index contributed by atoms with van der Waals surface area (Å²) in [5, 5.41) is 2.86. The minimum Gasteiger partial charge on any atom is -0.425 e. The van der Waals surface area contributed by atoms with Crippen molar-refractivity contribution >= 4 is 26.8 Å². The molecule has 1 heterocycles. The zero-order chi connectivity index (χ0) is 28.4. The van der Waals surface area contributed by atoms with Crippen LogP contribution in [0.25, 0.3) is 11.0 Å². The van der Waals surface area contributed by atoms with Crippen LogP contribution in [0.2, 0.25) is 0 Å². The van der Waals surface area contributed by atoms with Gasteiger partial charge in [-0.2, -0.15) is 18.2 Å². The van der Waals surface area contributed by atoms with Gasteiger partial charge in [0.1, 0.15) is 5.75 Å². The highest BCUT2D eigenvalue weighted by atomic mass is 32.2. The fourth-order valence-corrected chi connectivity index (χ4v) is 4.93. The summed E-state index contributed by atoms with van der Waals surface area (Å²) >= 11 is 0. The van der Waals surface area contributed by atoms with Crippen molar-refractivity contribution in [2.45, 2.75) is 37.5 Å². The molecule has 0 aliphatic heterocycles. The second-order valence-corrected chi connectivity index (χ2v) is 11.0. The fourth-order valence-electron chi connectivity index (χ4n) is 4.04. The van der Waals surface area contributed by atoms with Crippen molar-refractivity contribution in [2.24, 2.45) is 5.73 Å². The lowest BCUT2D eigenvalue weighted by Crippen LogP contribution is -2.33. The number of ether oxygens (including phenoxy) is 1. The van der Waals surface area contributed by atoms with Crippen LogP contribution in [0.1, 0.15) is 41.4 Å².